The van der Waals surface area contributed by atoms with Crippen LogP contribution in [-0.4, -0.2) is 10.7 Å². The molecule has 0 N–H and O–H groups in total. The Balaban J connectivity index is 2.01. The fourth-order valence-corrected chi connectivity index (χ4v) is 3.15. The van der Waals surface area contributed by atoms with Gasteiger partial charge in [0.05, 0.1) is 11.4 Å². The van der Waals surface area contributed by atoms with Gasteiger partial charge in [-0.05, 0) is 11.5 Å². The Morgan fingerprint density at radius 2 is 1.52 bits per heavy atom. The van der Waals surface area contributed by atoms with Crippen LogP contribution in [-0.2, 0) is 0 Å². The molecule has 0 amide bonds. The monoisotopic (exact) mass is 352 g/mol. The Labute approximate surface area is 157 Å². The van der Waals surface area contributed by atoms with Gasteiger partial charge in [-0.1, -0.05) is 73.3 Å². The molecule has 4 rings (SSSR count). The summed E-state index contributed by atoms with van der Waals surface area (Å²) in [6.45, 7) is 3.73. The number of hydrogen-bond donors (Lipinski definition) is 0. The van der Waals surface area contributed by atoms with Crippen LogP contribution in [0.1, 0.15) is 16.7 Å². The van der Waals surface area contributed by atoms with Crippen molar-refractivity contribution >= 4 is 28.2 Å². The molecular formula is C24H17FN2. The lowest BCUT2D eigenvalue weighted by Crippen LogP contribution is -2.03. The van der Waals surface area contributed by atoms with E-state index in [1.807, 2.05) is 60.7 Å². The maximum Gasteiger partial charge on any atom is 0.133 e. The lowest BCUT2D eigenvalue weighted by molar-refractivity contribution is 0.627. The van der Waals surface area contributed by atoms with Crippen LogP contribution in [0, 0.1) is 5.82 Å². The molecule has 0 spiro atoms. The quantitative estimate of drug-likeness (QED) is 0.402. The summed E-state index contributed by atoms with van der Waals surface area (Å²) in [6.07, 6.45) is 4.90. The Kier molecular flexibility index (Phi) is 4.58. The predicted molar refractivity (Wildman–Crippen MR) is 110 cm³/mol. The van der Waals surface area contributed by atoms with Crippen LogP contribution in [0.15, 0.2) is 96.8 Å². The van der Waals surface area contributed by atoms with Gasteiger partial charge < -0.3 is 0 Å². The summed E-state index contributed by atoms with van der Waals surface area (Å²) in [7, 11) is 0. The molecule has 2 nitrogen and oxygen atoms in total. The molecule has 0 bridgehead atoms. The maximum atomic E-state index is 14.7. The number of rotatable bonds is 4. The summed E-state index contributed by atoms with van der Waals surface area (Å²) in [6, 6.07) is 23.0. The Morgan fingerprint density at radius 3 is 2.11 bits per heavy atom. The van der Waals surface area contributed by atoms with Crippen molar-refractivity contribution in [2.45, 2.75) is 0 Å². The van der Waals surface area contributed by atoms with Gasteiger partial charge in [0, 0.05) is 40.5 Å². The molecule has 0 aliphatic heterocycles. The summed E-state index contributed by atoms with van der Waals surface area (Å²) in [5.41, 5.74) is 3.73. The second-order valence-corrected chi connectivity index (χ2v) is 6.11. The lowest BCUT2D eigenvalue weighted by Gasteiger charge is -2.11. The van der Waals surface area contributed by atoms with E-state index in [2.05, 4.69) is 11.6 Å². The second-order valence-electron chi connectivity index (χ2n) is 6.11. The Hall–Kier alpha value is -3.59. The van der Waals surface area contributed by atoms with Crippen LogP contribution in [0.3, 0.4) is 0 Å². The number of nitrogens with zero attached hydrogens (tertiary/aromatic N) is 2. The molecular weight excluding hydrogens is 335 g/mol. The number of aliphatic imine (C=N–C) groups is 1. The molecule has 0 radical (unpaired) electrons. The molecule has 1 heterocycles. The number of fused-ring (bicyclic) bond motifs is 1. The van der Waals surface area contributed by atoms with Crippen molar-refractivity contribution in [3.63, 3.8) is 0 Å². The lowest BCUT2D eigenvalue weighted by atomic mass is 10.0. The highest BCUT2D eigenvalue weighted by Gasteiger charge is 2.12. The van der Waals surface area contributed by atoms with Crippen LogP contribution in [0.25, 0.3) is 16.8 Å². The molecule has 27 heavy (non-hydrogen) atoms. The highest BCUT2D eigenvalue weighted by molar-refractivity contribution is 6.15. The molecule has 0 saturated heterocycles. The van der Waals surface area contributed by atoms with Crippen molar-refractivity contribution in [2.75, 3.05) is 0 Å². The van der Waals surface area contributed by atoms with Crippen molar-refractivity contribution in [3.05, 3.63) is 114 Å². The first kappa shape index (κ1) is 16.9. The molecule has 0 unspecified atom stereocenters. The number of halogens is 1. The fraction of sp³-hybridized carbons (Fsp3) is 0. The molecule has 0 fully saturated rings. The van der Waals surface area contributed by atoms with Crippen molar-refractivity contribution < 1.29 is 4.39 Å². The largest absolute Gasteiger partial charge is 0.264 e. The first-order valence-corrected chi connectivity index (χ1v) is 8.66. The van der Waals surface area contributed by atoms with E-state index in [9.17, 15) is 4.39 Å². The van der Waals surface area contributed by atoms with E-state index >= 15 is 0 Å². The number of hydrogen-bond acceptors (Lipinski definition) is 2. The summed E-state index contributed by atoms with van der Waals surface area (Å²) in [5, 5.41) is 1.54. The van der Waals surface area contributed by atoms with Gasteiger partial charge >= 0.3 is 0 Å². The SMILES string of the molecule is C=Cc1c(F)cc(N=C(c2ccccc2)c2ccccc2)c2cnccc12. The second kappa shape index (κ2) is 7.34. The third kappa shape index (κ3) is 3.27. The minimum Gasteiger partial charge on any atom is -0.264 e. The first-order valence-electron chi connectivity index (χ1n) is 8.66. The molecule has 1 aromatic heterocycles. The van der Waals surface area contributed by atoms with E-state index in [1.54, 1.807) is 18.5 Å². The van der Waals surface area contributed by atoms with Gasteiger partial charge in [-0.15, -0.1) is 0 Å². The highest BCUT2D eigenvalue weighted by atomic mass is 19.1. The zero-order valence-corrected chi connectivity index (χ0v) is 14.6. The highest BCUT2D eigenvalue weighted by Crippen LogP contribution is 2.32. The average Bonchev–Trinajstić information content (AvgIpc) is 2.73. The van der Waals surface area contributed by atoms with Crippen LogP contribution in [0.2, 0.25) is 0 Å². The third-order valence-electron chi connectivity index (χ3n) is 4.44. The van der Waals surface area contributed by atoms with Gasteiger partial charge in [-0.25, -0.2) is 9.38 Å². The topological polar surface area (TPSA) is 25.2 Å². The van der Waals surface area contributed by atoms with Crippen molar-refractivity contribution in [2.24, 2.45) is 4.99 Å². The van der Waals surface area contributed by atoms with Crippen molar-refractivity contribution in [1.29, 1.82) is 0 Å². The molecule has 3 aromatic carbocycles. The molecule has 130 valence electrons. The normalized spacial score (nSPS) is 10.6. The van der Waals surface area contributed by atoms with E-state index in [-0.39, 0.29) is 5.82 Å². The number of aromatic nitrogens is 1. The standard InChI is InChI=1S/C24H17FN2/c1-2-19-20-13-14-26-16-21(20)23(15-22(19)25)27-24(17-9-5-3-6-10-17)18-11-7-4-8-12-18/h2-16H,1H2. The van der Waals surface area contributed by atoms with E-state index in [1.165, 1.54) is 12.1 Å². The maximum absolute atomic E-state index is 14.7. The molecule has 0 aliphatic carbocycles. The number of pyridine rings is 1. The van der Waals surface area contributed by atoms with Gasteiger partial charge in [-0.2, -0.15) is 0 Å². The number of benzene rings is 3. The average molecular weight is 352 g/mol. The fourth-order valence-electron chi connectivity index (χ4n) is 3.15. The molecule has 0 saturated carbocycles. The molecule has 0 atom stereocenters. The van der Waals surface area contributed by atoms with Crippen molar-refractivity contribution in [3.8, 4) is 0 Å². The minimum atomic E-state index is -0.345. The van der Waals surface area contributed by atoms with Crippen LogP contribution in [0.5, 0.6) is 0 Å². The summed E-state index contributed by atoms with van der Waals surface area (Å²) < 4.78 is 14.7. The summed E-state index contributed by atoms with van der Waals surface area (Å²) in [5.74, 6) is -0.345. The first-order chi connectivity index (χ1) is 13.3. The van der Waals surface area contributed by atoms with Crippen LogP contribution < -0.4 is 0 Å². The van der Waals surface area contributed by atoms with Crippen LogP contribution in [0.4, 0.5) is 10.1 Å². The van der Waals surface area contributed by atoms with E-state index in [0.717, 1.165) is 27.6 Å². The zero-order valence-electron chi connectivity index (χ0n) is 14.6. The van der Waals surface area contributed by atoms with E-state index in [4.69, 9.17) is 4.99 Å². The molecule has 3 heteroatoms. The van der Waals surface area contributed by atoms with Gasteiger partial charge in [0.1, 0.15) is 5.82 Å². The molecule has 0 aliphatic rings. The predicted octanol–water partition coefficient (Wildman–Crippen LogP) is 6.19. The van der Waals surface area contributed by atoms with Gasteiger partial charge in [0.15, 0.2) is 0 Å². The molecule has 4 aromatic rings. The minimum absolute atomic E-state index is 0.345. The van der Waals surface area contributed by atoms with Gasteiger partial charge in [0.2, 0.25) is 0 Å². The summed E-state index contributed by atoms with van der Waals surface area (Å²) in [4.78, 5) is 9.07. The zero-order chi connectivity index (χ0) is 18.6. The van der Waals surface area contributed by atoms with Crippen LogP contribution >= 0.6 is 0 Å². The van der Waals surface area contributed by atoms with Gasteiger partial charge in [0.25, 0.3) is 0 Å². The van der Waals surface area contributed by atoms with E-state index in [0.29, 0.717) is 11.3 Å². The summed E-state index contributed by atoms with van der Waals surface area (Å²) >= 11 is 0. The smallest absolute Gasteiger partial charge is 0.133 e. The Morgan fingerprint density at radius 1 is 0.889 bits per heavy atom. The van der Waals surface area contributed by atoms with Crippen molar-refractivity contribution in [1.82, 2.24) is 4.98 Å². The Bertz CT molecular complexity index is 1090. The van der Waals surface area contributed by atoms with Gasteiger partial charge in [-0.3, -0.25) is 4.98 Å². The van der Waals surface area contributed by atoms with E-state index < -0.39 is 0 Å². The third-order valence-corrected chi connectivity index (χ3v) is 4.44.